The van der Waals surface area contributed by atoms with E-state index < -0.39 is 0 Å². The first-order valence-corrected chi connectivity index (χ1v) is 6.74. The second kappa shape index (κ2) is 5.58. The highest BCUT2D eigenvalue weighted by molar-refractivity contribution is 5.07. The van der Waals surface area contributed by atoms with Crippen LogP contribution < -0.4 is 5.73 Å². The lowest BCUT2D eigenvalue weighted by Gasteiger charge is -2.32. The van der Waals surface area contributed by atoms with E-state index in [0.717, 1.165) is 17.3 Å². The maximum absolute atomic E-state index is 6.33. The molecule has 0 spiro atoms. The number of aromatic nitrogens is 2. The quantitative estimate of drug-likeness (QED) is 0.873. The molecular weight excluding hydrogens is 210 g/mol. The molecule has 0 amide bonds. The predicted octanol–water partition coefficient (Wildman–Crippen LogP) is 3.00. The molecule has 1 fully saturated rings. The zero-order valence-electron chi connectivity index (χ0n) is 10.9. The van der Waals surface area contributed by atoms with Crippen molar-refractivity contribution in [1.82, 2.24) is 9.97 Å². The molecule has 0 saturated heterocycles. The summed E-state index contributed by atoms with van der Waals surface area (Å²) in [5.41, 5.74) is 8.24. The minimum atomic E-state index is 0.0671. The van der Waals surface area contributed by atoms with Gasteiger partial charge in [-0.2, -0.15) is 0 Å². The summed E-state index contributed by atoms with van der Waals surface area (Å²) in [5.74, 6) is 1.45. The Labute approximate surface area is 104 Å². The first kappa shape index (κ1) is 12.5. The topological polar surface area (TPSA) is 51.8 Å². The van der Waals surface area contributed by atoms with Crippen molar-refractivity contribution in [3.8, 4) is 0 Å². The Balaban J connectivity index is 2.03. The normalized spacial score (nSPS) is 26.8. The van der Waals surface area contributed by atoms with Crippen LogP contribution in [0.2, 0.25) is 0 Å². The molecule has 94 valence electrons. The SMILES string of the molecule is CCC1CCCC(C(N)c2cnc(C)cn2)C1. The number of nitrogens with two attached hydrogens (primary N) is 1. The van der Waals surface area contributed by atoms with Crippen LogP contribution >= 0.6 is 0 Å². The van der Waals surface area contributed by atoms with Crippen molar-refractivity contribution in [3.63, 3.8) is 0 Å². The highest BCUT2D eigenvalue weighted by atomic mass is 14.8. The second-order valence-electron chi connectivity index (χ2n) is 5.31. The van der Waals surface area contributed by atoms with Crippen molar-refractivity contribution in [2.75, 3.05) is 0 Å². The lowest BCUT2D eigenvalue weighted by atomic mass is 9.76. The van der Waals surface area contributed by atoms with Crippen molar-refractivity contribution in [1.29, 1.82) is 0 Å². The average Bonchev–Trinajstić information content (AvgIpc) is 2.39. The zero-order chi connectivity index (χ0) is 12.3. The molecule has 1 aliphatic rings. The Bertz CT molecular complexity index is 347. The summed E-state index contributed by atoms with van der Waals surface area (Å²) < 4.78 is 0. The van der Waals surface area contributed by atoms with E-state index in [9.17, 15) is 0 Å². The molecule has 17 heavy (non-hydrogen) atoms. The fraction of sp³-hybridized carbons (Fsp3) is 0.714. The van der Waals surface area contributed by atoms with E-state index in [0.29, 0.717) is 5.92 Å². The Morgan fingerprint density at radius 3 is 2.82 bits per heavy atom. The van der Waals surface area contributed by atoms with Gasteiger partial charge in [0.2, 0.25) is 0 Å². The Morgan fingerprint density at radius 2 is 2.18 bits per heavy atom. The minimum absolute atomic E-state index is 0.0671. The molecule has 3 atom stereocenters. The summed E-state index contributed by atoms with van der Waals surface area (Å²) in [4.78, 5) is 8.71. The minimum Gasteiger partial charge on any atom is -0.322 e. The summed E-state index contributed by atoms with van der Waals surface area (Å²) in [7, 11) is 0. The summed E-state index contributed by atoms with van der Waals surface area (Å²) in [5, 5.41) is 0. The van der Waals surface area contributed by atoms with Crippen molar-refractivity contribution in [2.45, 2.75) is 52.0 Å². The maximum Gasteiger partial charge on any atom is 0.0756 e. The molecule has 0 aliphatic heterocycles. The van der Waals surface area contributed by atoms with Crippen molar-refractivity contribution >= 4 is 0 Å². The molecule has 1 aliphatic carbocycles. The molecule has 3 nitrogen and oxygen atoms in total. The lowest BCUT2D eigenvalue weighted by molar-refractivity contribution is 0.228. The van der Waals surface area contributed by atoms with Gasteiger partial charge in [0.25, 0.3) is 0 Å². The molecule has 2 N–H and O–H groups in total. The monoisotopic (exact) mass is 233 g/mol. The summed E-state index contributed by atoms with van der Waals surface area (Å²) in [6, 6.07) is 0.0671. The third-order valence-electron chi connectivity index (χ3n) is 4.05. The average molecular weight is 233 g/mol. The van der Waals surface area contributed by atoms with Crippen LogP contribution in [-0.2, 0) is 0 Å². The molecular formula is C14H23N3. The van der Waals surface area contributed by atoms with Crippen molar-refractivity contribution < 1.29 is 0 Å². The molecule has 1 heterocycles. The molecule has 0 radical (unpaired) electrons. The fourth-order valence-electron chi connectivity index (χ4n) is 2.85. The number of nitrogens with zero attached hydrogens (tertiary/aromatic N) is 2. The van der Waals surface area contributed by atoms with Gasteiger partial charge in [-0.3, -0.25) is 9.97 Å². The van der Waals surface area contributed by atoms with Gasteiger partial charge in [-0.25, -0.2) is 0 Å². The number of aryl methyl sites for hydroxylation is 1. The van der Waals surface area contributed by atoms with Gasteiger partial charge in [0.15, 0.2) is 0 Å². The maximum atomic E-state index is 6.33. The number of rotatable bonds is 3. The number of hydrogen-bond acceptors (Lipinski definition) is 3. The molecule has 1 saturated carbocycles. The van der Waals surface area contributed by atoms with E-state index in [2.05, 4.69) is 16.9 Å². The van der Waals surface area contributed by atoms with Gasteiger partial charge < -0.3 is 5.73 Å². The summed E-state index contributed by atoms with van der Waals surface area (Å²) in [6.45, 7) is 4.24. The van der Waals surface area contributed by atoms with Crippen molar-refractivity contribution in [3.05, 3.63) is 23.8 Å². The van der Waals surface area contributed by atoms with Gasteiger partial charge in [-0.15, -0.1) is 0 Å². The van der Waals surface area contributed by atoms with E-state index in [4.69, 9.17) is 5.73 Å². The number of hydrogen-bond donors (Lipinski definition) is 1. The summed E-state index contributed by atoms with van der Waals surface area (Å²) >= 11 is 0. The first-order valence-electron chi connectivity index (χ1n) is 6.74. The summed E-state index contributed by atoms with van der Waals surface area (Å²) in [6.07, 6.45) is 10.1. The first-order chi connectivity index (χ1) is 8.20. The van der Waals surface area contributed by atoms with Gasteiger partial charge >= 0.3 is 0 Å². The molecule has 3 unspecified atom stereocenters. The zero-order valence-corrected chi connectivity index (χ0v) is 10.9. The van der Waals surface area contributed by atoms with Crippen LogP contribution in [0.4, 0.5) is 0 Å². The standard InChI is InChI=1S/C14H23N3/c1-3-11-5-4-6-12(7-11)14(15)13-9-16-10(2)8-17-13/h8-9,11-12,14H,3-7,15H2,1-2H3. The smallest absolute Gasteiger partial charge is 0.0756 e. The van der Waals surface area contributed by atoms with Gasteiger partial charge in [0.1, 0.15) is 0 Å². The Morgan fingerprint density at radius 1 is 1.35 bits per heavy atom. The van der Waals surface area contributed by atoms with Gasteiger partial charge in [0, 0.05) is 6.20 Å². The van der Waals surface area contributed by atoms with E-state index in [1.165, 1.54) is 32.1 Å². The van der Waals surface area contributed by atoms with Crippen LogP contribution in [-0.4, -0.2) is 9.97 Å². The van der Waals surface area contributed by atoms with Crippen LogP contribution in [0.15, 0.2) is 12.4 Å². The molecule has 2 rings (SSSR count). The third-order valence-corrected chi connectivity index (χ3v) is 4.05. The van der Waals surface area contributed by atoms with Crippen LogP contribution in [0.25, 0.3) is 0 Å². The molecule has 1 aromatic heterocycles. The fourth-order valence-corrected chi connectivity index (χ4v) is 2.85. The largest absolute Gasteiger partial charge is 0.322 e. The molecule has 3 heteroatoms. The van der Waals surface area contributed by atoms with Crippen LogP contribution in [0.1, 0.15) is 56.5 Å². The van der Waals surface area contributed by atoms with Crippen LogP contribution in [0.3, 0.4) is 0 Å². The van der Waals surface area contributed by atoms with Gasteiger partial charge in [-0.1, -0.05) is 26.2 Å². The van der Waals surface area contributed by atoms with Crippen LogP contribution in [0, 0.1) is 18.8 Å². The van der Waals surface area contributed by atoms with E-state index in [1.807, 2.05) is 19.3 Å². The Hall–Kier alpha value is -0.960. The van der Waals surface area contributed by atoms with Crippen molar-refractivity contribution in [2.24, 2.45) is 17.6 Å². The second-order valence-corrected chi connectivity index (χ2v) is 5.31. The third kappa shape index (κ3) is 3.03. The molecule has 0 aromatic carbocycles. The van der Waals surface area contributed by atoms with E-state index in [1.54, 1.807) is 0 Å². The van der Waals surface area contributed by atoms with Crippen LogP contribution in [0.5, 0.6) is 0 Å². The Kier molecular flexibility index (Phi) is 4.11. The molecule has 0 bridgehead atoms. The highest BCUT2D eigenvalue weighted by Gasteiger charge is 2.27. The van der Waals surface area contributed by atoms with Gasteiger partial charge in [0.05, 0.1) is 23.6 Å². The van der Waals surface area contributed by atoms with Gasteiger partial charge in [-0.05, 0) is 31.6 Å². The highest BCUT2D eigenvalue weighted by Crippen LogP contribution is 2.36. The lowest BCUT2D eigenvalue weighted by Crippen LogP contribution is -2.27. The van der Waals surface area contributed by atoms with E-state index >= 15 is 0 Å². The predicted molar refractivity (Wildman–Crippen MR) is 69.4 cm³/mol. The van der Waals surface area contributed by atoms with E-state index in [-0.39, 0.29) is 6.04 Å². The molecule has 1 aromatic rings.